The summed E-state index contributed by atoms with van der Waals surface area (Å²) >= 11 is 0. The van der Waals surface area contributed by atoms with E-state index in [0.717, 1.165) is 65.5 Å². The second-order valence-electron chi connectivity index (χ2n) is 17.5. The molecule has 0 heterocycles. The van der Waals surface area contributed by atoms with E-state index in [1.165, 1.54) is 41.5 Å². The summed E-state index contributed by atoms with van der Waals surface area (Å²) in [4.78, 5) is 4.66. The van der Waals surface area contributed by atoms with Crippen molar-refractivity contribution in [3.8, 4) is 11.1 Å². The summed E-state index contributed by atoms with van der Waals surface area (Å²) in [5.74, 6) is 0. The van der Waals surface area contributed by atoms with Crippen molar-refractivity contribution in [3.05, 3.63) is 169 Å². The van der Waals surface area contributed by atoms with Crippen LogP contribution in [-0.2, 0) is 52.7 Å². The van der Waals surface area contributed by atoms with Gasteiger partial charge < -0.3 is 45.2 Å². The molecule has 0 aromatic heterocycles. The first-order valence-corrected chi connectivity index (χ1v) is 32.9. The van der Waals surface area contributed by atoms with Crippen LogP contribution in [-0.4, -0.2) is 79.6 Å². The number of benzene rings is 6. The zero-order chi connectivity index (χ0) is 54.9. The molecule has 0 fully saturated rings. The van der Waals surface area contributed by atoms with Crippen molar-refractivity contribution in [2.24, 2.45) is 0 Å². The summed E-state index contributed by atoms with van der Waals surface area (Å²) in [6, 6.07) is 58.7. The second-order valence-corrected chi connectivity index (χ2v) is 24.3. The minimum atomic E-state index is -2.65. The Morgan fingerprint density at radius 2 is 0.671 bits per heavy atom. The van der Waals surface area contributed by atoms with Crippen molar-refractivity contribution in [2.45, 2.75) is 120 Å². The molecule has 0 aliphatic heterocycles. The van der Waals surface area contributed by atoms with Crippen LogP contribution in [0.2, 0.25) is 12.1 Å². The highest BCUT2D eigenvalue weighted by Crippen LogP contribution is 2.38. The number of hydrogen-bond donors (Lipinski definition) is 0. The molecule has 6 rings (SSSR count). The third kappa shape index (κ3) is 20.6. The fraction of sp³-hybridized carbons (Fsp3) is 0.419. The number of nitrogens with zero attached hydrogens (tertiary/aromatic N) is 2. The quantitative estimate of drug-likeness (QED) is 0.0298. The molecule has 76 heavy (non-hydrogen) atoms. The van der Waals surface area contributed by atoms with Crippen molar-refractivity contribution >= 4 is 60.9 Å². The van der Waals surface area contributed by atoms with Gasteiger partial charge in [-0.2, -0.15) is 0 Å². The fourth-order valence-electron chi connectivity index (χ4n) is 8.74. The van der Waals surface area contributed by atoms with Crippen molar-refractivity contribution in [1.29, 1.82) is 0 Å². The Morgan fingerprint density at radius 3 is 0.987 bits per heavy atom. The lowest BCUT2D eigenvalue weighted by atomic mass is 10.0. The van der Waals surface area contributed by atoms with Crippen LogP contribution in [0.15, 0.2) is 158 Å². The number of para-hydroxylation sites is 2. The highest BCUT2D eigenvalue weighted by atomic mass is 28.4. The smallest absolute Gasteiger partial charge is 0.496 e. The lowest BCUT2D eigenvalue weighted by Crippen LogP contribution is -2.46. The van der Waals surface area contributed by atoms with Crippen LogP contribution < -0.4 is 9.80 Å². The molecule has 0 aliphatic rings. The molecule has 0 amide bonds. The van der Waals surface area contributed by atoms with E-state index in [2.05, 4.69) is 183 Å². The summed E-state index contributed by atoms with van der Waals surface area (Å²) in [6.07, 6.45) is 6.78. The molecule has 11 nitrogen and oxygen atoms in total. The van der Waals surface area contributed by atoms with Gasteiger partial charge in [0.05, 0.1) is 13.2 Å². The first-order valence-electron chi connectivity index (χ1n) is 27.8. The normalized spacial score (nSPS) is 11.2. The van der Waals surface area contributed by atoms with E-state index in [9.17, 15) is 4.46 Å². The zero-order valence-electron chi connectivity index (χ0n) is 47.4. The summed E-state index contributed by atoms with van der Waals surface area (Å²) in [5, 5.41) is 0. The predicted molar refractivity (Wildman–Crippen MR) is 319 cm³/mol. The van der Waals surface area contributed by atoms with E-state index >= 15 is 0 Å². The first-order chi connectivity index (χ1) is 37.1. The Balaban J connectivity index is 0.000000525. The van der Waals surface area contributed by atoms with Crippen LogP contribution in [0, 0.1) is 0 Å². The average molecular weight is 1090 g/mol. The number of unbranched alkanes of at least 4 members (excludes halogenated alkanes) is 2. The van der Waals surface area contributed by atoms with E-state index in [-0.39, 0.29) is 0 Å². The third-order valence-corrected chi connectivity index (χ3v) is 19.4. The summed E-state index contributed by atoms with van der Waals surface area (Å²) in [7, 11) is -7.06. The van der Waals surface area contributed by atoms with Gasteiger partial charge in [-0.05, 0) is 176 Å². The Bertz CT molecular complexity index is 2390. The molecule has 0 spiro atoms. The molecular weight excluding hydrogens is 1000 g/mol. The summed E-state index contributed by atoms with van der Waals surface area (Å²) in [6.45, 7) is 24.5. The summed E-state index contributed by atoms with van der Waals surface area (Å²) in [5.41, 5.74) is 11.8. The Labute approximate surface area is 461 Å². The zero-order valence-corrected chi connectivity index (χ0v) is 50.4. The molecular formula is C62H88N2O9Si3. The van der Waals surface area contributed by atoms with Gasteiger partial charge in [-0.1, -0.05) is 112 Å². The van der Waals surface area contributed by atoms with Gasteiger partial charge in [0.25, 0.3) is 0 Å². The summed E-state index contributed by atoms with van der Waals surface area (Å²) < 4.78 is 54.5. The van der Waals surface area contributed by atoms with E-state index in [4.69, 9.17) is 26.6 Å². The lowest BCUT2D eigenvalue weighted by Gasteiger charge is -2.28. The molecule has 0 saturated carbocycles. The van der Waals surface area contributed by atoms with Crippen LogP contribution in [0.25, 0.3) is 11.1 Å². The highest BCUT2D eigenvalue weighted by molar-refractivity contribution is 6.61. The van der Waals surface area contributed by atoms with Gasteiger partial charge in [0.15, 0.2) is 0 Å². The van der Waals surface area contributed by atoms with E-state index in [1.54, 1.807) is 13.8 Å². The van der Waals surface area contributed by atoms with Gasteiger partial charge in [0.2, 0.25) is 0 Å². The van der Waals surface area contributed by atoms with Gasteiger partial charge in [0, 0.05) is 85.9 Å². The Morgan fingerprint density at radius 1 is 0.355 bits per heavy atom. The lowest BCUT2D eigenvalue weighted by molar-refractivity contribution is 0.0705. The average Bonchev–Trinajstić information content (AvgIpc) is 3.44. The van der Waals surface area contributed by atoms with Crippen LogP contribution in [0.1, 0.15) is 106 Å². The predicted octanol–water partition coefficient (Wildman–Crippen LogP) is 16.5. The molecule has 0 bridgehead atoms. The van der Waals surface area contributed by atoms with Gasteiger partial charge in [0.1, 0.15) is 0 Å². The van der Waals surface area contributed by atoms with Crippen LogP contribution in [0.5, 0.6) is 0 Å². The Kier molecular flexibility index (Phi) is 29.9. The molecule has 0 aliphatic carbocycles. The molecule has 14 heteroatoms. The maximum Gasteiger partial charge on any atom is 0.767 e. The Hall–Kier alpha value is -5.27. The maximum absolute atomic E-state index is 10.4. The SMILES string of the molecule is CCCCCc1ccc(N(c2ccccc2)c2ccc(-c3ccc(N(c4ccccc4)c4ccc(CCC[Si](OCC)(OCC)OCC)cc4)cc3)cc2)cc1.CCO[Si](=O)OCC.CCO[Si](CC)(OCC)OCC. The number of anilines is 6. The molecule has 6 aromatic carbocycles. The molecule has 0 unspecified atom stereocenters. The maximum atomic E-state index is 10.4. The molecule has 0 saturated heterocycles. The van der Waals surface area contributed by atoms with Gasteiger partial charge in [-0.3, -0.25) is 4.46 Å². The van der Waals surface area contributed by atoms with E-state index in [0.29, 0.717) is 52.9 Å². The van der Waals surface area contributed by atoms with Crippen molar-refractivity contribution in [2.75, 3.05) is 62.7 Å². The van der Waals surface area contributed by atoms with Gasteiger partial charge in [-0.25, -0.2) is 0 Å². The number of rotatable bonds is 32. The first kappa shape index (κ1) is 63.3. The van der Waals surface area contributed by atoms with Crippen LogP contribution in [0.3, 0.4) is 0 Å². The fourth-order valence-corrected chi connectivity index (χ4v) is 14.1. The standard InChI is InChI=1S/C50H58N2O3Si.C8H20O3Si.C4H10O3Si/c1-5-9-12-18-41-24-32-47(33-25-41)51(45-20-13-10-14-21-45)49-36-28-43(29-37-49)44-30-38-50(39-31-44)52(46-22-15-11-16-23-46)48-34-26-42(27-35-48)19-17-40-56(53-6-2,54-7-3)55-8-4;1-5-9-12(8-4,10-6-2)11-7-3;1-3-6-8(5)7-4-2/h10-11,13-16,20-39H,5-9,12,17-19,40H2,1-4H3;5-8H2,1-4H3;3-4H2,1-2H3. The van der Waals surface area contributed by atoms with Crippen molar-refractivity contribution in [1.82, 2.24) is 0 Å². The topological polar surface area (TPSA) is 97.4 Å². The monoisotopic (exact) mass is 1090 g/mol. The van der Waals surface area contributed by atoms with Gasteiger partial charge >= 0.3 is 26.8 Å². The van der Waals surface area contributed by atoms with Gasteiger partial charge in [-0.15, -0.1) is 0 Å². The van der Waals surface area contributed by atoms with Crippen LogP contribution in [0.4, 0.5) is 34.1 Å². The van der Waals surface area contributed by atoms with Crippen molar-refractivity contribution < 1.29 is 39.9 Å². The van der Waals surface area contributed by atoms with Crippen molar-refractivity contribution in [3.63, 3.8) is 0 Å². The molecule has 6 aromatic rings. The molecule has 0 radical (unpaired) electrons. The van der Waals surface area contributed by atoms with E-state index in [1.807, 2.05) is 48.5 Å². The van der Waals surface area contributed by atoms with E-state index < -0.39 is 26.8 Å². The minimum absolute atomic E-state index is 0.456. The number of aryl methyl sites for hydroxylation is 2. The molecule has 0 N–H and O–H groups in total. The minimum Gasteiger partial charge on any atom is -0.496 e. The van der Waals surface area contributed by atoms with Crippen LogP contribution >= 0.6 is 0 Å². The highest BCUT2D eigenvalue weighted by Gasteiger charge is 2.40. The largest absolute Gasteiger partial charge is 0.767 e. The third-order valence-electron chi connectivity index (χ3n) is 12.2. The molecule has 412 valence electrons. The number of hydrogen-bond acceptors (Lipinski definition) is 11. The molecule has 0 atom stereocenters. The second kappa shape index (κ2) is 35.9.